The summed E-state index contributed by atoms with van der Waals surface area (Å²) in [4.78, 5) is 12.4. The second kappa shape index (κ2) is 7.76. The van der Waals surface area contributed by atoms with Crippen molar-refractivity contribution in [3.8, 4) is 0 Å². The summed E-state index contributed by atoms with van der Waals surface area (Å²) in [6, 6.07) is 0. The van der Waals surface area contributed by atoms with Crippen LogP contribution in [0.1, 0.15) is 36.2 Å². The van der Waals surface area contributed by atoms with Crippen LogP contribution in [0.5, 0.6) is 0 Å². The monoisotopic (exact) mass is 299 g/mol. The number of Topliss-reactive ketones (excluding diaryl/α,β-unsaturated/α-hetero) is 1. The van der Waals surface area contributed by atoms with Crippen LogP contribution in [0.4, 0.5) is 0 Å². The molecule has 1 aliphatic heterocycles. The molecule has 0 bridgehead atoms. The number of nitrogens with one attached hydrogen (secondary N) is 1. The molecule has 0 aliphatic carbocycles. The molecule has 0 amide bonds. The molecule has 5 nitrogen and oxygen atoms in total. The average Bonchev–Trinajstić information content (AvgIpc) is 2.84. The number of rotatable bonds is 7. The van der Waals surface area contributed by atoms with Gasteiger partial charge in [-0.1, -0.05) is 11.6 Å². The minimum atomic E-state index is 0.0853. The van der Waals surface area contributed by atoms with Crippen molar-refractivity contribution in [1.29, 1.82) is 0 Å². The smallest absolute Gasteiger partial charge is 0.182 e. The Morgan fingerprint density at radius 1 is 1.55 bits per heavy atom. The highest BCUT2D eigenvalue weighted by atomic mass is 35.5. The number of aromatic nitrogens is 2. The van der Waals surface area contributed by atoms with Gasteiger partial charge in [0.05, 0.1) is 24.4 Å². The zero-order valence-corrected chi connectivity index (χ0v) is 12.7. The summed E-state index contributed by atoms with van der Waals surface area (Å²) in [6.07, 6.45) is 5.33. The Kier molecular flexibility index (Phi) is 6.01. The van der Waals surface area contributed by atoms with Gasteiger partial charge >= 0.3 is 0 Å². The summed E-state index contributed by atoms with van der Waals surface area (Å²) in [5.74, 6) is 0.733. The molecule has 1 aromatic heterocycles. The predicted molar refractivity (Wildman–Crippen MR) is 78.3 cm³/mol. The van der Waals surface area contributed by atoms with Gasteiger partial charge in [0.25, 0.3) is 0 Å². The van der Waals surface area contributed by atoms with E-state index < -0.39 is 0 Å². The zero-order valence-electron chi connectivity index (χ0n) is 11.9. The van der Waals surface area contributed by atoms with Gasteiger partial charge in [0, 0.05) is 13.5 Å². The number of hydrogen-bond acceptors (Lipinski definition) is 4. The lowest BCUT2D eigenvalue weighted by atomic mass is 9.92. The quantitative estimate of drug-likeness (QED) is 0.784. The Morgan fingerprint density at radius 3 is 3.00 bits per heavy atom. The first-order chi connectivity index (χ1) is 9.72. The van der Waals surface area contributed by atoms with E-state index in [4.69, 9.17) is 16.3 Å². The highest BCUT2D eigenvalue weighted by molar-refractivity contribution is 6.33. The van der Waals surface area contributed by atoms with Crippen LogP contribution in [-0.4, -0.2) is 42.4 Å². The Morgan fingerprint density at radius 2 is 2.30 bits per heavy atom. The van der Waals surface area contributed by atoms with Crippen molar-refractivity contribution in [1.82, 2.24) is 15.1 Å². The van der Waals surface area contributed by atoms with E-state index in [1.54, 1.807) is 11.8 Å². The Labute approximate surface area is 124 Å². The van der Waals surface area contributed by atoms with Crippen LogP contribution in [0.25, 0.3) is 0 Å². The molecule has 0 saturated carbocycles. The maximum absolute atomic E-state index is 12.4. The van der Waals surface area contributed by atoms with E-state index in [1.807, 2.05) is 0 Å². The summed E-state index contributed by atoms with van der Waals surface area (Å²) in [5, 5.41) is 7.92. The normalized spacial score (nSPS) is 16.5. The summed E-state index contributed by atoms with van der Waals surface area (Å²) in [7, 11) is 1.63. The third kappa shape index (κ3) is 4.04. The third-order valence-corrected chi connectivity index (χ3v) is 4.08. The number of carbonyl (C=O) groups excluding carboxylic acids is 1. The van der Waals surface area contributed by atoms with Crippen LogP contribution in [0, 0.1) is 5.92 Å². The summed E-state index contributed by atoms with van der Waals surface area (Å²) in [6.45, 7) is 3.20. The van der Waals surface area contributed by atoms with E-state index in [-0.39, 0.29) is 5.78 Å². The molecule has 0 aromatic carbocycles. The number of hydrogen-bond donors (Lipinski definition) is 1. The van der Waals surface area contributed by atoms with Crippen LogP contribution in [0.2, 0.25) is 5.02 Å². The first-order valence-electron chi connectivity index (χ1n) is 7.16. The van der Waals surface area contributed by atoms with E-state index in [9.17, 15) is 4.79 Å². The molecule has 0 radical (unpaired) electrons. The number of piperidine rings is 1. The summed E-state index contributed by atoms with van der Waals surface area (Å²) >= 11 is 6.09. The van der Waals surface area contributed by atoms with Crippen LogP contribution < -0.4 is 5.32 Å². The van der Waals surface area contributed by atoms with Gasteiger partial charge in [-0.3, -0.25) is 9.48 Å². The van der Waals surface area contributed by atoms with Crippen molar-refractivity contribution in [3.05, 3.63) is 16.9 Å². The van der Waals surface area contributed by atoms with Crippen LogP contribution in [0.15, 0.2) is 6.20 Å². The standard InChI is InChI=1S/C14H22ClN3O2/c1-20-9-8-18-14(12(15)10-17-18)13(19)3-2-11-4-6-16-7-5-11/h10-11,16H,2-9H2,1H3. The molecule has 0 atom stereocenters. The molecule has 6 heteroatoms. The lowest BCUT2D eigenvalue weighted by Crippen LogP contribution is -2.28. The fourth-order valence-electron chi connectivity index (χ4n) is 2.61. The van der Waals surface area contributed by atoms with Crippen molar-refractivity contribution in [3.63, 3.8) is 0 Å². The van der Waals surface area contributed by atoms with Gasteiger partial charge in [-0.25, -0.2) is 0 Å². The highest BCUT2D eigenvalue weighted by Gasteiger charge is 2.20. The second-order valence-corrected chi connectivity index (χ2v) is 5.62. The molecule has 2 rings (SSSR count). The first-order valence-corrected chi connectivity index (χ1v) is 7.54. The zero-order chi connectivity index (χ0) is 14.4. The van der Waals surface area contributed by atoms with Gasteiger partial charge in [0.15, 0.2) is 5.78 Å². The van der Waals surface area contributed by atoms with Gasteiger partial charge in [0.1, 0.15) is 5.69 Å². The maximum Gasteiger partial charge on any atom is 0.182 e. The largest absolute Gasteiger partial charge is 0.383 e. The maximum atomic E-state index is 12.4. The summed E-state index contributed by atoms with van der Waals surface area (Å²) < 4.78 is 6.67. The molecular weight excluding hydrogens is 278 g/mol. The molecular formula is C14H22ClN3O2. The van der Waals surface area contributed by atoms with Gasteiger partial charge in [-0.15, -0.1) is 0 Å². The van der Waals surface area contributed by atoms with Gasteiger partial charge < -0.3 is 10.1 Å². The average molecular weight is 300 g/mol. The number of carbonyl (C=O) groups is 1. The topological polar surface area (TPSA) is 56.2 Å². The van der Waals surface area contributed by atoms with E-state index in [0.29, 0.717) is 36.2 Å². The molecule has 1 N–H and O–H groups in total. The lowest BCUT2D eigenvalue weighted by Gasteiger charge is -2.22. The van der Waals surface area contributed by atoms with Gasteiger partial charge in [-0.05, 0) is 38.3 Å². The van der Waals surface area contributed by atoms with E-state index in [0.717, 1.165) is 32.4 Å². The predicted octanol–water partition coefficient (Wildman–Crippen LogP) is 2.15. The molecule has 2 heterocycles. The molecule has 0 unspecified atom stereocenters. The summed E-state index contributed by atoms with van der Waals surface area (Å²) in [5.41, 5.74) is 0.526. The number of ether oxygens (including phenoxy) is 1. The Bertz CT molecular complexity index is 442. The number of ketones is 1. The van der Waals surface area contributed by atoms with Gasteiger partial charge in [0.2, 0.25) is 0 Å². The highest BCUT2D eigenvalue weighted by Crippen LogP contribution is 2.22. The van der Waals surface area contributed by atoms with Crippen molar-refractivity contribution in [2.75, 3.05) is 26.8 Å². The van der Waals surface area contributed by atoms with Gasteiger partial charge in [-0.2, -0.15) is 5.10 Å². The number of halogens is 1. The van der Waals surface area contributed by atoms with E-state index in [2.05, 4.69) is 10.4 Å². The fourth-order valence-corrected chi connectivity index (χ4v) is 2.86. The van der Waals surface area contributed by atoms with Crippen LogP contribution in [0.3, 0.4) is 0 Å². The van der Waals surface area contributed by atoms with Crippen molar-refractivity contribution < 1.29 is 9.53 Å². The molecule has 1 aliphatic rings. The minimum absolute atomic E-state index is 0.0853. The van der Waals surface area contributed by atoms with Crippen LogP contribution in [-0.2, 0) is 11.3 Å². The van der Waals surface area contributed by atoms with Crippen molar-refractivity contribution >= 4 is 17.4 Å². The fraction of sp³-hybridized carbons (Fsp3) is 0.714. The third-order valence-electron chi connectivity index (χ3n) is 3.80. The SMILES string of the molecule is COCCn1ncc(Cl)c1C(=O)CCC1CCNCC1. The number of methoxy groups -OCH3 is 1. The molecule has 20 heavy (non-hydrogen) atoms. The lowest BCUT2D eigenvalue weighted by molar-refractivity contribution is 0.0957. The molecule has 1 aromatic rings. The Balaban J connectivity index is 1.92. The minimum Gasteiger partial charge on any atom is -0.383 e. The molecule has 1 fully saturated rings. The first kappa shape index (κ1) is 15.5. The van der Waals surface area contributed by atoms with Crippen molar-refractivity contribution in [2.24, 2.45) is 5.92 Å². The molecule has 112 valence electrons. The molecule has 1 saturated heterocycles. The Hall–Kier alpha value is -0.910. The van der Waals surface area contributed by atoms with Crippen molar-refractivity contribution in [2.45, 2.75) is 32.2 Å². The molecule has 0 spiro atoms. The van der Waals surface area contributed by atoms with E-state index >= 15 is 0 Å². The second-order valence-electron chi connectivity index (χ2n) is 5.21. The number of nitrogens with zero attached hydrogens (tertiary/aromatic N) is 2. The van der Waals surface area contributed by atoms with Crippen LogP contribution >= 0.6 is 11.6 Å². The van der Waals surface area contributed by atoms with E-state index in [1.165, 1.54) is 6.20 Å².